The number of likely N-dealkylation sites (tertiary alicyclic amines) is 1. The zero-order valence-corrected chi connectivity index (χ0v) is 16.1. The first-order valence-electron chi connectivity index (χ1n) is 9.61. The number of aromatic nitrogens is 2. The van der Waals surface area contributed by atoms with Crippen molar-refractivity contribution < 1.29 is 4.79 Å². The van der Waals surface area contributed by atoms with Gasteiger partial charge < -0.3 is 15.5 Å². The van der Waals surface area contributed by atoms with E-state index in [2.05, 4.69) is 38.1 Å². The van der Waals surface area contributed by atoms with Crippen LogP contribution < -0.4 is 10.6 Å². The van der Waals surface area contributed by atoms with E-state index in [9.17, 15) is 4.79 Å². The molecule has 2 fully saturated rings. The van der Waals surface area contributed by atoms with Gasteiger partial charge in [0, 0.05) is 32.2 Å². The van der Waals surface area contributed by atoms with Gasteiger partial charge in [-0.25, -0.2) is 9.97 Å². The SMILES string of the molecule is CC(N)C1CCCN(C(=O)C2CCCN(c3ncnc4sccc34)C2)C1. The summed E-state index contributed by atoms with van der Waals surface area (Å²) in [5.41, 5.74) is 6.09. The van der Waals surface area contributed by atoms with Crippen molar-refractivity contribution in [1.29, 1.82) is 0 Å². The van der Waals surface area contributed by atoms with Crippen LogP contribution in [0.4, 0.5) is 5.82 Å². The minimum Gasteiger partial charge on any atom is -0.355 e. The lowest BCUT2D eigenvalue weighted by atomic mass is 9.90. The van der Waals surface area contributed by atoms with E-state index in [0.29, 0.717) is 11.8 Å². The van der Waals surface area contributed by atoms with Gasteiger partial charge in [0.2, 0.25) is 5.91 Å². The Bertz CT molecular complexity index is 776. The molecular formula is C19H27N5OS. The van der Waals surface area contributed by atoms with Gasteiger partial charge in [0.15, 0.2) is 0 Å². The highest BCUT2D eigenvalue weighted by Gasteiger charge is 2.33. The van der Waals surface area contributed by atoms with Crippen molar-refractivity contribution in [2.75, 3.05) is 31.1 Å². The highest BCUT2D eigenvalue weighted by Crippen LogP contribution is 2.31. The van der Waals surface area contributed by atoms with Crippen molar-refractivity contribution in [3.63, 3.8) is 0 Å². The number of carbonyl (C=O) groups is 1. The lowest BCUT2D eigenvalue weighted by Gasteiger charge is -2.39. The second kappa shape index (κ2) is 7.48. The molecule has 4 heterocycles. The van der Waals surface area contributed by atoms with Crippen molar-refractivity contribution in [3.05, 3.63) is 17.8 Å². The molecule has 2 aliphatic rings. The smallest absolute Gasteiger partial charge is 0.227 e. The second-order valence-electron chi connectivity index (χ2n) is 7.67. The minimum absolute atomic E-state index is 0.0548. The molecule has 4 rings (SSSR count). The van der Waals surface area contributed by atoms with Gasteiger partial charge in [-0.3, -0.25) is 4.79 Å². The van der Waals surface area contributed by atoms with Gasteiger partial charge in [-0.1, -0.05) is 0 Å². The van der Waals surface area contributed by atoms with Crippen LogP contribution in [0, 0.1) is 11.8 Å². The van der Waals surface area contributed by atoms with E-state index < -0.39 is 0 Å². The summed E-state index contributed by atoms with van der Waals surface area (Å²) in [7, 11) is 0. The molecule has 2 N–H and O–H groups in total. The Kier molecular flexibility index (Phi) is 5.09. The molecular weight excluding hydrogens is 346 g/mol. The third-order valence-corrected chi connectivity index (χ3v) is 6.64. The quantitative estimate of drug-likeness (QED) is 0.895. The fourth-order valence-electron chi connectivity index (χ4n) is 4.30. The Morgan fingerprint density at radius 3 is 2.96 bits per heavy atom. The maximum atomic E-state index is 13.1. The molecule has 1 amide bonds. The van der Waals surface area contributed by atoms with Crippen molar-refractivity contribution in [2.45, 2.75) is 38.6 Å². The Labute approximate surface area is 158 Å². The zero-order valence-electron chi connectivity index (χ0n) is 15.3. The van der Waals surface area contributed by atoms with Gasteiger partial charge in [-0.2, -0.15) is 0 Å². The summed E-state index contributed by atoms with van der Waals surface area (Å²) in [6.45, 7) is 5.45. The Morgan fingerprint density at radius 1 is 1.27 bits per heavy atom. The number of hydrogen-bond acceptors (Lipinski definition) is 6. The van der Waals surface area contributed by atoms with Crippen LogP contribution in [0.2, 0.25) is 0 Å². The van der Waals surface area contributed by atoms with Gasteiger partial charge >= 0.3 is 0 Å². The number of anilines is 1. The monoisotopic (exact) mass is 373 g/mol. The zero-order chi connectivity index (χ0) is 18.1. The summed E-state index contributed by atoms with van der Waals surface area (Å²) < 4.78 is 0. The summed E-state index contributed by atoms with van der Waals surface area (Å²) in [4.78, 5) is 27.4. The minimum atomic E-state index is 0.0548. The van der Waals surface area contributed by atoms with Crippen LogP contribution in [0.15, 0.2) is 17.8 Å². The van der Waals surface area contributed by atoms with E-state index in [-0.39, 0.29) is 12.0 Å². The highest BCUT2D eigenvalue weighted by molar-refractivity contribution is 7.16. The molecule has 3 unspecified atom stereocenters. The normalized spacial score (nSPS) is 25.5. The third kappa shape index (κ3) is 3.42. The van der Waals surface area contributed by atoms with Crippen molar-refractivity contribution in [3.8, 4) is 0 Å². The van der Waals surface area contributed by atoms with E-state index in [4.69, 9.17) is 5.73 Å². The number of nitrogens with two attached hydrogens (primary N) is 1. The first kappa shape index (κ1) is 17.7. The fourth-order valence-corrected chi connectivity index (χ4v) is 5.02. The molecule has 0 bridgehead atoms. The van der Waals surface area contributed by atoms with E-state index in [1.165, 1.54) is 0 Å². The molecule has 3 atom stereocenters. The summed E-state index contributed by atoms with van der Waals surface area (Å²) in [5.74, 6) is 1.76. The molecule has 2 aromatic heterocycles. The van der Waals surface area contributed by atoms with Crippen LogP contribution in [0.3, 0.4) is 0 Å². The summed E-state index contributed by atoms with van der Waals surface area (Å²) >= 11 is 1.63. The Hall–Kier alpha value is -1.73. The molecule has 2 aliphatic heterocycles. The average Bonchev–Trinajstić information content (AvgIpc) is 3.16. The highest BCUT2D eigenvalue weighted by atomic mass is 32.1. The Morgan fingerprint density at radius 2 is 2.12 bits per heavy atom. The van der Waals surface area contributed by atoms with Gasteiger partial charge in [0.1, 0.15) is 17.0 Å². The molecule has 0 radical (unpaired) electrons. The summed E-state index contributed by atoms with van der Waals surface area (Å²) in [6, 6.07) is 2.24. The second-order valence-corrected chi connectivity index (χ2v) is 8.56. The number of rotatable bonds is 3. The molecule has 26 heavy (non-hydrogen) atoms. The van der Waals surface area contributed by atoms with Crippen LogP contribution in [-0.4, -0.2) is 53.0 Å². The number of fused-ring (bicyclic) bond motifs is 1. The summed E-state index contributed by atoms with van der Waals surface area (Å²) in [6.07, 6.45) is 5.83. The van der Waals surface area contributed by atoms with E-state index >= 15 is 0 Å². The van der Waals surface area contributed by atoms with Crippen molar-refractivity contribution in [1.82, 2.24) is 14.9 Å². The standard InChI is InChI=1S/C19H27N5OS/c1-13(20)14-4-2-8-24(10-14)19(25)15-5-3-7-23(11-15)17-16-6-9-26-18(16)22-12-21-17/h6,9,12-15H,2-5,7-8,10-11,20H2,1H3. The summed E-state index contributed by atoms with van der Waals surface area (Å²) in [5, 5.41) is 3.15. The number of carbonyl (C=O) groups excluding carboxylic acids is 1. The van der Waals surface area contributed by atoms with Gasteiger partial charge in [0.05, 0.1) is 11.3 Å². The predicted octanol–water partition coefficient (Wildman–Crippen LogP) is 2.49. The van der Waals surface area contributed by atoms with E-state index in [0.717, 1.165) is 67.9 Å². The van der Waals surface area contributed by atoms with Crippen LogP contribution in [-0.2, 0) is 4.79 Å². The average molecular weight is 374 g/mol. The predicted molar refractivity (Wildman–Crippen MR) is 105 cm³/mol. The Balaban J connectivity index is 1.48. The lowest BCUT2D eigenvalue weighted by molar-refractivity contribution is -0.137. The van der Waals surface area contributed by atoms with E-state index in [1.54, 1.807) is 17.7 Å². The molecule has 2 aromatic rings. The van der Waals surface area contributed by atoms with Crippen LogP contribution in [0.1, 0.15) is 32.6 Å². The van der Waals surface area contributed by atoms with Gasteiger partial charge in [-0.15, -0.1) is 11.3 Å². The fraction of sp³-hybridized carbons (Fsp3) is 0.632. The molecule has 0 saturated carbocycles. The maximum absolute atomic E-state index is 13.1. The molecule has 140 valence electrons. The first-order chi connectivity index (χ1) is 12.6. The molecule has 7 heteroatoms. The number of hydrogen-bond donors (Lipinski definition) is 1. The van der Waals surface area contributed by atoms with Gasteiger partial charge in [-0.05, 0) is 50.0 Å². The molecule has 0 aliphatic carbocycles. The third-order valence-electron chi connectivity index (χ3n) is 5.82. The van der Waals surface area contributed by atoms with Crippen LogP contribution in [0.25, 0.3) is 10.2 Å². The number of thiophene rings is 1. The van der Waals surface area contributed by atoms with Gasteiger partial charge in [0.25, 0.3) is 0 Å². The molecule has 0 spiro atoms. The maximum Gasteiger partial charge on any atom is 0.227 e. The largest absolute Gasteiger partial charge is 0.355 e. The number of nitrogens with zero attached hydrogens (tertiary/aromatic N) is 4. The van der Waals surface area contributed by atoms with Crippen molar-refractivity contribution in [2.24, 2.45) is 17.6 Å². The molecule has 6 nitrogen and oxygen atoms in total. The number of amides is 1. The first-order valence-corrected chi connectivity index (χ1v) is 10.5. The molecule has 2 saturated heterocycles. The molecule has 0 aromatic carbocycles. The topological polar surface area (TPSA) is 75.3 Å². The van der Waals surface area contributed by atoms with E-state index in [1.807, 2.05) is 0 Å². The van der Waals surface area contributed by atoms with Crippen LogP contribution in [0.5, 0.6) is 0 Å². The lowest BCUT2D eigenvalue weighted by Crippen LogP contribution is -2.50. The van der Waals surface area contributed by atoms with Crippen molar-refractivity contribution >= 4 is 33.3 Å². The number of piperidine rings is 2. The van der Waals surface area contributed by atoms with Crippen LogP contribution >= 0.6 is 11.3 Å².